The van der Waals surface area contributed by atoms with Crippen LogP contribution in [0.5, 0.6) is 0 Å². The summed E-state index contributed by atoms with van der Waals surface area (Å²) in [5.41, 5.74) is 2.40. The molecular formula is C69H132O17Si3. The van der Waals surface area contributed by atoms with Crippen molar-refractivity contribution in [2.45, 2.75) is 285 Å². The van der Waals surface area contributed by atoms with E-state index in [-0.39, 0.29) is 68.9 Å². The van der Waals surface area contributed by atoms with Gasteiger partial charge in [0, 0.05) is 67.7 Å². The van der Waals surface area contributed by atoms with Crippen LogP contribution in [0.1, 0.15) is 222 Å². The van der Waals surface area contributed by atoms with E-state index >= 15 is 0 Å². The molecule has 6 rings (SSSR count). The fraction of sp³-hybridized carbons (Fsp3) is 0.797. The summed E-state index contributed by atoms with van der Waals surface area (Å²) in [6.45, 7) is 10.2. The number of aliphatic hydroxyl groups excluding tert-OH is 2. The molecule has 0 radical (unpaired) electrons. The molecule has 0 bridgehead atoms. The number of fused-ring (bicyclic) bond motifs is 1. The van der Waals surface area contributed by atoms with E-state index in [9.17, 15) is 29.4 Å². The van der Waals surface area contributed by atoms with Crippen LogP contribution in [-0.4, -0.2) is 152 Å². The van der Waals surface area contributed by atoms with Crippen LogP contribution in [0, 0.1) is 17.8 Å². The van der Waals surface area contributed by atoms with Gasteiger partial charge in [0.25, 0.3) is 0 Å². The second kappa shape index (κ2) is 48.6. The molecule has 1 aliphatic heterocycles. The van der Waals surface area contributed by atoms with Gasteiger partial charge >= 0.3 is 49.6 Å². The Labute approximate surface area is 545 Å². The highest BCUT2D eigenvalue weighted by Gasteiger charge is 2.44. The molecule has 0 amide bonds. The van der Waals surface area contributed by atoms with Crippen molar-refractivity contribution in [2.75, 3.05) is 55.9 Å². The number of epoxide rings is 1. The van der Waals surface area contributed by atoms with Crippen molar-refractivity contribution in [3.63, 3.8) is 0 Å². The summed E-state index contributed by atoms with van der Waals surface area (Å²) in [6.07, 6.45) is 26.5. The largest absolute Gasteiger partial charge is 0.466 e. The number of ether oxygens (including phenoxy) is 5. The quantitative estimate of drug-likeness (QED) is 0.0167. The van der Waals surface area contributed by atoms with Gasteiger partial charge in [-0.25, -0.2) is 9.59 Å². The molecule has 5 aliphatic rings. The molecule has 1 saturated heterocycles. The number of carbonyl (C=O) groups is 4. The molecule has 1 aromatic carbocycles. The normalized spacial score (nSPS) is 23.0. The number of aliphatic hydroxyl groups is 2. The van der Waals surface area contributed by atoms with E-state index in [1.807, 2.05) is 6.55 Å². The monoisotopic (exact) mass is 1320 g/mol. The second-order valence-electron chi connectivity index (χ2n) is 24.2. The Hall–Kier alpha value is -3.13. The molecule has 1 aromatic rings. The topological polar surface area (TPSA) is 214 Å². The zero-order valence-electron chi connectivity index (χ0n) is 52.3. The zero-order valence-corrected chi connectivity index (χ0v) is 55.3. The Balaban J connectivity index is -0.00000128. The lowest BCUT2D eigenvalue weighted by Crippen LogP contribution is -2.40. The highest BCUT2D eigenvalue weighted by Crippen LogP contribution is 2.42. The van der Waals surface area contributed by atoms with Crippen molar-refractivity contribution in [2.24, 2.45) is 17.8 Å². The Kier molecular flexibility index (Phi) is 49.1. The molecule has 2 N–H and O–H groups in total. The third-order valence-electron chi connectivity index (χ3n) is 18.2. The van der Waals surface area contributed by atoms with Crippen molar-refractivity contribution in [3.8, 4) is 0 Å². The lowest BCUT2D eigenvalue weighted by Gasteiger charge is -2.34. The Morgan fingerprint density at radius 2 is 0.955 bits per heavy atom. The van der Waals surface area contributed by atoms with Crippen LogP contribution >= 0.6 is 0 Å². The van der Waals surface area contributed by atoms with Gasteiger partial charge in [0.1, 0.15) is 12.2 Å². The van der Waals surface area contributed by atoms with Crippen LogP contribution in [-0.2, 0) is 69.4 Å². The van der Waals surface area contributed by atoms with Crippen LogP contribution in [0.15, 0.2) is 43.0 Å². The number of rotatable bonds is 33. The minimum Gasteiger partial charge on any atom is -0.466 e. The number of benzene rings is 1. The predicted molar refractivity (Wildman–Crippen MR) is 368 cm³/mol. The fourth-order valence-corrected chi connectivity index (χ4v) is 16.2. The van der Waals surface area contributed by atoms with Gasteiger partial charge in [0.05, 0.1) is 37.6 Å². The van der Waals surface area contributed by atoms with Gasteiger partial charge in [-0.05, 0) is 207 Å². The Morgan fingerprint density at radius 3 is 1.42 bits per heavy atom. The first-order valence-corrected chi connectivity index (χ1v) is 38.8. The molecule has 89 heavy (non-hydrogen) atoms. The molecule has 4 saturated carbocycles. The first-order valence-electron chi connectivity index (χ1n) is 31.3. The Bertz CT molecular complexity index is 2040. The molecule has 5 fully saturated rings. The van der Waals surface area contributed by atoms with Crippen LogP contribution < -0.4 is 0 Å². The maximum atomic E-state index is 12.4. The highest BCUT2D eigenvalue weighted by atomic mass is 28.4. The third-order valence-corrected chi connectivity index (χ3v) is 26.9. The van der Waals surface area contributed by atoms with Crippen molar-refractivity contribution in [1.82, 2.24) is 0 Å². The summed E-state index contributed by atoms with van der Waals surface area (Å²) in [7, 11) is 4.29. The van der Waals surface area contributed by atoms with E-state index in [0.717, 1.165) is 74.2 Å². The predicted octanol–water partition coefficient (Wildman–Crippen LogP) is 15.9. The van der Waals surface area contributed by atoms with E-state index in [1.54, 1.807) is 48.7 Å². The highest BCUT2D eigenvalue weighted by molar-refractivity contribution is 6.66. The number of carbonyl (C=O) groups excluding carboxylic acids is 4. The maximum Gasteiger partial charge on any atom is 0.334 e. The molecule has 4 aliphatic carbocycles. The number of esters is 4. The van der Waals surface area contributed by atoms with Crippen molar-refractivity contribution >= 4 is 55.6 Å². The molecule has 9 unspecified atom stereocenters. The molecule has 0 aromatic heterocycles. The average Bonchev–Trinajstić information content (AvgIpc) is 4.09. The van der Waals surface area contributed by atoms with E-state index in [4.69, 9.17) is 50.2 Å². The SMILES string of the molecule is C.C.C.C.C.C.C=CC(=O)OCCCCCC(=O)OCCCCCC(=O)OC1CC(CC[Si](C)(OC)OC)CCC1O.CO[Si](C)(CCC1CCC(O)C(OC(=O)/C=C/c2ccc(C3CCCCC3)cc2)C1)OC.CO[Si](C)(CCC1CCC2OC2C1)OC. The van der Waals surface area contributed by atoms with E-state index in [1.165, 1.54) is 69.4 Å². The van der Waals surface area contributed by atoms with Gasteiger partial charge in [0.15, 0.2) is 0 Å². The summed E-state index contributed by atoms with van der Waals surface area (Å²) in [5.74, 6) is 0.956. The first-order chi connectivity index (χ1) is 39.8. The van der Waals surface area contributed by atoms with Gasteiger partial charge in [-0.3, -0.25) is 9.59 Å². The number of hydrogen-bond acceptors (Lipinski definition) is 17. The fourth-order valence-electron chi connectivity index (χ4n) is 11.7. The minimum absolute atomic E-state index is 0. The second-order valence-corrected chi connectivity index (χ2v) is 34.9. The molecule has 1 heterocycles. The van der Waals surface area contributed by atoms with Gasteiger partial charge in [-0.1, -0.05) is 94.7 Å². The van der Waals surface area contributed by atoms with Gasteiger partial charge < -0.3 is 60.5 Å². The van der Waals surface area contributed by atoms with Gasteiger partial charge in [0.2, 0.25) is 0 Å². The lowest BCUT2D eigenvalue weighted by atomic mass is 9.84. The molecule has 0 spiro atoms. The molecule has 9 atom stereocenters. The maximum absolute atomic E-state index is 12.4. The summed E-state index contributed by atoms with van der Waals surface area (Å²) >= 11 is 0. The van der Waals surface area contributed by atoms with Crippen molar-refractivity contribution in [1.29, 1.82) is 0 Å². The summed E-state index contributed by atoms with van der Waals surface area (Å²) in [5, 5.41) is 20.6. The summed E-state index contributed by atoms with van der Waals surface area (Å²) in [6, 6.07) is 11.4. The first kappa shape index (κ1) is 90.1. The summed E-state index contributed by atoms with van der Waals surface area (Å²) < 4.78 is 60.1. The summed E-state index contributed by atoms with van der Waals surface area (Å²) in [4.78, 5) is 47.3. The molecule has 20 heteroatoms. The Morgan fingerprint density at radius 1 is 0.517 bits per heavy atom. The minimum atomic E-state index is -2.12. The molecular weight excluding hydrogens is 1180 g/mol. The lowest BCUT2D eigenvalue weighted by molar-refractivity contribution is -0.159. The van der Waals surface area contributed by atoms with Crippen LogP contribution in [0.3, 0.4) is 0 Å². The van der Waals surface area contributed by atoms with Gasteiger partial charge in [-0.2, -0.15) is 0 Å². The molecule has 17 nitrogen and oxygen atoms in total. The van der Waals surface area contributed by atoms with Crippen LogP contribution in [0.25, 0.3) is 6.08 Å². The average molecular weight is 1320 g/mol. The van der Waals surface area contributed by atoms with Gasteiger partial charge in [-0.15, -0.1) is 0 Å². The van der Waals surface area contributed by atoms with Crippen molar-refractivity contribution in [3.05, 3.63) is 54.1 Å². The van der Waals surface area contributed by atoms with E-state index in [0.29, 0.717) is 101 Å². The van der Waals surface area contributed by atoms with Crippen LogP contribution in [0.2, 0.25) is 37.8 Å². The van der Waals surface area contributed by atoms with E-state index in [2.05, 4.69) is 43.9 Å². The molecule has 522 valence electrons. The third kappa shape index (κ3) is 35.1. The zero-order chi connectivity index (χ0) is 60.7. The standard InChI is InChI=1S/C26H46O9Si.C26H40O5Si.C11H22O3Si.6CH4/c1-5-24(28)33-17-10-6-8-12-25(29)34-18-11-7-9-13-26(30)35-23-20-21(14-15-22(23)27)16-19-36(4,31-2)32-3;1-29-32(3,30-2)18-17-21-11-15-24(27)25(19-21)31-26(28)16-12-20-9-13-23(14-10-20)22-7-5-4-6-8-22;1-12-15(3,13-2)7-6-9-4-5-10-11(8-9)14-10;;;;;;/h5,21-23,27H,1,6-20H2,2-4H3;9-10,12-14,16,21-22,24-25,27H,4-8,11,15,17-19H2,1-3H3;9-11H,4-8H2,1-3H3;6*1H4/b;16-12+;;;;;;;. The number of unbranched alkanes of at least 4 members (excludes halogenated alkanes) is 4. The van der Waals surface area contributed by atoms with E-state index < -0.39 is 56.1 Å². The smallest absolute Gasteiger partial charge is 0.334 e. The number of hydrogen-bond donors (Lipinski definition) is 2. The van der Waals surface area contributed by atoms with Crippen molar-refractivity contribution < 1.29 is 79.6 Å². The van der Waals surface area contributed by atoms with Crippen LogP contribution in [0.4, 0.5) is 0 Å².